The Morgan fingerprint density at radius 1 is 0.861 bits per heavy atom. The van der Waals surface area contributed by atoms with Gasteiger partial charge in [-0.1, -0.05) is 71.7 Å². The van der Waals surface area contributed by atoms with Crippen LogP contribution in [0.2, 0.25) is 10.0 Å². The third-order valence-electron chi connectivity index (χ3n) is 5.10. The number of halogens is 3. The number of nitrogens with one attached hydrogen (secondary N) is 1. The maximum absolute atomic E-state index is 12.7. The third kappa shape index (κ3) is 7.10. The second kappa shape index (κ2) is 12.6. The number of hydrogen-bond donors (Lipinski definition) is 1. The van der Waals surface area contributed by atoms with Crippen LogP contribution in [-0.2, 0) is 13.2 Å². The highest BCUT2D eigenvalue weighted by Crippen LogP contribution is 2.27. The lowest BCUT2D eigenvalue weighted by atomic mass is 10.2. The summed E-state index contributed by atoms with van der Waals surface area (Å²) < 4.78 is 12.5. The second-order valence-electron chi connectivity index (χ2n) is 7.68. The Kier molecular flexibility index (Phi) is 9.01. The fourth-order valence-electron chi connectivity index (χ4n) is 3.25. The maximum atomic E-state index is 12.7. The number of hydrazone groups is 1. The van der Waals surface area contributed by atoms with Crippen LogP contribution < -0.4 is 14.9 Å². The van der Waals surface area contributed by atoms with Crippen molar-refractivity contribution >= 4 is 51.3 Å². The molecule has 5 nitrogen and oxygen atoms in total. The number of rotatable bonds is 9. The van der Waals surface area contributed by atoms with Gasteiger partial charge in [0, 0.05) is 15.6 Å². The number of carbonyl (C=O) groups is 1. The smallest absolute Gasteiger partial charge is 0.275 e. The lowest BCUT2D eigenvalue weighted by molar-refractivity contribution is 0.0950. The first-order chi connectivity index (χ1) is 17.5. The van der Waals surface area contributed by atoms with Crippen molar-refractivity contribution in [1.29, 1.82) is 0 Å². The fraction of sp³-hybridized carbons (Fsp3) is 0.0714. The summed E-state index contributed by atoms with van der Waals surface area (Å²) >= 11 is 15.7. The van der Waals surface area contributed by atoms with Gasteiger partial charge in [-0.2, -0.15) is 5.10 Å². The van der Waals surface area contributed by atoms with E-state index < -0.39 is 5.91 Å². The molecule has 4 aromatic carbocycles. The molecule has 4 rings (SSSR count). The van der Waals surface area contributed by atoms with E-state index in [2.05, 4.69) is 26.5 Å². The number of nitrogens with zero attached hydrogens (tertiary/aromatic N) is 1. The van der Waals surface area contributed by atoms with Crippen molar-refractivity contribution in [2.45, 2.75) is 13.2 Å². The number of carbonyl (C=O) groups excluding carboxylic acids is 1. The van der Waals surface area contributed by atoms with E-state index >= 15 is 0 Å². The highest BCUT2D eigenvalue weighted by molar-refractivity contribution is 9.10. The molecule has 0 aliphatic rings. The van der Waals surface area contributed by atoms with Crippen molar-refractivity contribution in [1.82, 2.24) is 5.43 Å². The van der Waals surface area contributed by atoms with Crippen LogP contribution >= 0.6 is 39.1 Å². The number of benzene rings is 4. The average Bonchev–Trinajstić information content (AvgIpc) is 2.88. The van der Waals surface area contributed by atoms with E-state index in [4.69, 9.17) is 32.7 Å². The molecule has 0 atom stereocenters. The number of hydrogen-bond acceptors (Lipinski definition) is 4. The minimum atomic E-state index is -0.397. The molecule has 0 heterocycles. The molecule has 182 valence electrons. The van der Waals surface area contributed by atoms with Crippen molar-refractivity contribution in [3.63, 3.8) is 0 Å². The molecule has 0 saturated heterocycles. The Morgan fingerprint density at radius 2 is 1.61 bits per heavy atom. The Hall–Kier alpha value is -3.32. The van der Waals surface area contributed by atoms with Crippen LogP contribution in [0.4, 0.5) is 0 Å². The van der Waals surface area contributed by atoms with Gasteiger partial charge in [-0.25, -0.2) is 5.43 Å². The van der Waals surface area contributed by atoms with Gasteiger partial charge < -0.3 is 9.47 Å². The predicted octanol–water partition coefficient (Wildman–Crippen LogP) is 7.68. The van der Waals surface area contributed by atoms with Crippen LogP contribution in [0.25, 0.3) is 0 Å². The molecule has 0 spiro atoms. The van der Waals surface area contributed by atoms with Crippen molar-refractivity contribution in [2.75, 3.05) is 0 Å². The Morgan fingerprint density at radius 3 is 2.39 bits per heavy atom. The van der Waals surface area contributed by atoms with Crippen LogP contribution in [0.1, 0.15) is 27.0 Å². The summed E-state index contributed by atoms with van der Waals surface area (Å²) in [5.41, 5.74) is 5.53. The van der Waals surface area contributed by atoms with Gasteiger partial charge >= 0.3 is 0 Å². The molecule has 0 bridgehead atoms. The van der Waals surface area contributed by atoms with Gasteiger partial charge in [0.1, 0.15) is 24.7 Å². The summed E-state index contributed by atoms with van der Waals surface area (Å²) in [6.07, 6.45) is 1.56. The quantitative estimate of drug-likeness (QED) is 0.162. The summed E-state index contributed by atoms with van der Waals surface area (Å²) in [6.45, 7) is 0.658. The maximum Gasteiger partial charge on any atom is 0.275 e. The minimum Gasteiger partial charge on any atom is -0.488 e. The van der Waals surface area contributed by atoms with E-state index in [9.17, 15) is 4.79 Å². The molecule has 0 aromatic heterocycles. The molecule has 0 unspecified atom stereocenters. The molecule has 0 fully saturated rings. The van der Waals surface area contributed by atoms with E-state index in [0.717, 1.165) is 21.2 Å². The monoisotopic (exact) mass is 582 g/mol. The van der Waals surface area contributed by atoms with Crippen LogP contribution in [0, 0.1) is 0 Å². The zero-order valence-electron chi connectivity index (χ0n) is 19.0. The largest absolute Gasteiger partial charge is 0.488 e. The zero-order chi connectivity index (χ0) is 25.3. The summed E-state index contributed by atoms with van der Waals surface area (Å²) in [5.74, 6) is 0.733. The van der Waals surface area contributed by atoms with Gasteiger partial charge in [0.15, 0.2) is 0 Å². The molecule has 36 heavy (non-hydrogen) atoms. The molecule has 0 aliphatic carbocycles. The molecular weight excluding hydrogens is 563 g/mol. The SMILES string of the molecule is O=C(N/N=C/c1ccc(OCc2ccccc2)c(Br)c1)c1ccccc1OCc1ccc(Cl)cc1Cl. The molecule has 1 amide bonds. The van der Waals surface area contributed by atoms with Crippen LogP contribution in [0.15, 0.2) is 101 Å². The van der Waals surface area contributed by atoms with Gasteiger partial charge in [0.25, 0.3) is 5.91 Å². The van der Waals surface area contributed by atoms with Gasteiger partial charge in [0.05, 0.1) is 16.3 Å². The summed E-state index contributed by atoms with van der Waals surface area (Å²) in [6, 6.07) is 27.6. The van der Waals surface area contributed by atoms with E-state index in [1.54, 1.807) is 48.7 Å². The fourth-order valence-corrected chi connectivity index (χ4v) is 4.22. The van der Waals surface area contributed by atoms with Crippen molar-refractivity contribution in [3.05, 3.63) is 128 Å². The standard InChI is InChI=1S/C28H21BrCl2N2O3/c29-24-14-20(10-13-27(24)35-17-19-6-2-1-3-7-19)16-32-33-28(34)23-8-4-5-9-26(23)36-18-21-11-12-22(30)15-25(21)31/h1-16H,17-18H2,(H,33,34)/b32-16+. The molecule has 8 heteroatoms. The molecule has 0 aliphatic heterocycles. The first-order valence-corrected chi connectivity index (χ1v) is 12.5. The summed E-state index contributed by atoms with van der Waals surface area (Å²) in [4.78, 5) is 12.7. The lowest BCUT2D eigenvalue weighted by Gasteiger charge is -2.11. The van der Waals surface area contributed by atoms with Crippen LogP contribution in [0.5, 0.6) is 11.5 Å². The van der Waals surface area contributed by atoms with Gasteiger partial charge in [-0.15, -0.1) is 0 Å². The predicted molar refractivity (Wildman–Crippen MR) is 147 cm³/mol. The van der Waals surface area contributed by atoms with E-state index in [1.807, 2.05) is 48.5 Å². The normalized spacial score (nSPS) is 10.9. The first kappa shape index (κ1) is 25.8. The number of ether oxygens (including phenoxy) is 2. The molecule has 4 aromatic rings. The Balaban J connectivity index is 1.35. The highest BCUT2D eigenvalue weighted by atomic mass is 79.9. The van der Waals surface area contributed by atoms with E-state index in [-0.39, 0.29) is 6.61 Å². The number of amides is 1. The van der Waals surface area contributed by atoms with E-state index in [1.165, 1.54) is 0 Å². The van der Waals surface area contributed by atoms with Gasteiger partial charge in [-0.3, -0.25) is 4.79 Å². The summed E-state index contributed by atoms with van der Waals surface area (Å²) in [7, 11) is 0. The van der Waals surface area contributed by atoms with Gasteiger partial charge in [0.2, 0.25) is 0 Å². The second-order valence-corrected chi connectivity index (χ2v) is 9.38. The van der Waals surface area contributed by atoms with Crippen LogP contribution in [0.3, 0.4) is 0 Å². The summed E-state index contributed by atoms with van der Waals surface area (Å²) in [5, 5.41) is 5.13. The molecule has 1 N–H and O–H groups in total. The van der Waals surface area contributed by atoms with Crippen molar-refractivity contribution < 1.29 is 14.3 Å². The van der Waals surface area contributed by atoms with Gasteiger partial charge in [-0.05, 0) is 69.5 Å². The van der Waals surface area contributed by atoms with Crippen LogP contribution in [-0.4, -0.2) is 12.1 Å². The molecule has 0 saturated carbocycles. The molecular formula is C28H21BrCl2N2O3. The van der Waals surface area contributed by atoms with Crippen molar-refractivity contribution in [3.8, 4) is 11.5 Å². The molecule has 0 radical (unpaired) electrons. The Bertz CT molecular complexity index is 1380. The zero-order valence-corrected chi connectivity index (χ0v) is 22.1. The minimum absolute atomic E-state index is 0.191. The topological polar surface area (TPSA) is 59.9 Å². The van der Waals surface area contributed by atoms with Crippen molar-refractivity contribution in [2.24, 2.45) is 5.10 Å². The third-order valence-corrected chi connectivity index (χ3v) is 6.31. The Labute approximate surface area is 227 Å². The average molecular weight is 584 g/mol. The highest BCUT2D eigenvalue weighted by Gasteiger charge is 2.12. The first-order valence-electron chi connectivity index (χ1n) is 10.9. The lowest BCUT2D eigenvalue weighted by Crippen LogP contribution is -2.18. The van der Waals surface area contributed by atoms with E-state index in [0.29, 0.717) is 33.7 Å². The number of para-hydroxylation sites is 1.